The zero-order valence-electron chi connectivity index (χ0n) is 15.5. The molecule has 2 aromatic rings. The molecule has 0 aromatic heterocycles. The molecule has 7 nitrogen and oxygen atoms in total. The smallest absolute Gasteiger partial charge is 0.251 e. The van der Waals surface area contributed by atoms with Crippen molar-refractivity contribution in [1.29, 1.82) is 0 Å². The van der Waals surface area contributed by atoms with Crippen LogP contribution in [0.1, 0.15) is 34.1 Å². The van der Waals surface area contributed by atoms with E-state index in [0.29, 0.717) is 23.4 Å². The first kappa shape index (κ1) is 20.0. The molecule has 4 N–H and O–H groups in total. The first-order chi connectivity index (χ1) is 13.0. The summed E-state index contributed by atoms with van der Waals surface area (Å²) in [6.07, 6.45) is 0.884. The maximum absolute atomic E-state index is 12.0. The Morgan fingerprint density at radius 3 is 1.93 bits per heavy atom. The van der Waals surface area contributed by atoms with Crippen molar-refractivity contribution in [2.45, 2.75) is 13.3 Å². The van der Waals surface area contributed by atoms with E-state index >= 15 is 0 Å². The molecule has 0 aliphatic carbocycles. The fourth-order valence-electron chi connectivity index (χ4n) is 2.32. The molecule has 0 aliphatic heterocycles. The molecule has 0 bridgehead atoms. The Labute approximate surface area is 158 Å². The van der Waals surface area contributed by atoms with E-state index in [4.69, 9.17) is 0 Å². The highest BCUT2D eigenvalue weighted by molar-refractivity contribution is 5.97. The lowest BCUT2D eigenvalue weighted by Crippen LogP contribution is -2.24. The largest absolute Gasteiger partial charge is 0.376 e. The van der Waals surface area contributed by atoms with Crippen LogP contribution in [0.25, 0.3) is 0 Å². The van der Waals surface area contributed by atoms with Gasteiger partial charge in [0.25, 0.3) is 11.8 Å². The molecule has 0 fully saturated rings. The average molecular weight is 368 g/mol. The Hall–Kier alpha value is -3.35. The van der Waals surface area contributed by atoms with Crippen LogP contribution in [0.4, 0.5) is 11.4 Å². The van der Waals surface area contributed by atoms with Crippen LogP contribution in [0.5, 0.6) is 0 Å². The molecular formula is C20H24N4O3. The molecule has 0 aliphatic rings. The number of carbonyl (C=O) groups excluding carboxylic acids is 3. The van der Waals surface area contributed by atoms with Crippen LogP contribution < -0.4 is 21.3 Å². The predicted octanol–water partition coefficient (Wildman–Crippen LogP) is 2.24. The molecule has 0 saturated carbocycles. The van der Waals surface area contributed by atoms with Gasteiger partial charge in [-0.05, 0) is 55.0 Å². The fraction of sp³-hybridized carbons (Fsp3) is 0.250. The van der Waals surface area contributed by atoms with Crippen LogP contribution >= 0.6 is 0 Å². The standard InChI is InChI=1S/C20H24N4O3/c1-3-12-22-20(27)15-4-8-16(9-5-15)23-13-18(25)24-17-10-6-14(7-11-17)19(26)21-2/h4-11,23H,3,12-13H2,1-2H3,(H,21,26)(H,22,27)(H,24,25). The lowest BCUT2D eigenvalue weighted by atomic mass is 10.2. The van der Waals surface area contributed by atoms with Crippen LogP contribution in [0.15, 0.2) is 48.5 Å². The molecule has 2 rings (SSSR count). The summed E-state index contributed by atoms with van der Waals surface area (Å²) in [7, 11) is 1.56. The normalized spacial score (nSPS) is 10.0. The number of rotatable bonds is 8. The summed E-state index contributed by atoms with van der Waals surface area (Å²) >= 11 is 0. The highest BCUT2D eigenvalue weighted by Crippen LogP contribution is 2.11. The molecule has 0 spiro atoms. The minimum absolute atomic E-state index is 0.0819. The van der Waals surface area contributed by atoms with Gasteiger partial charge in [-0.3, -0.25) is 14.4 Å². The topological polar surface area (TPSA) is 99.3 Å². The monoisotopic (exact) mass is 368 g/mol. The quantitative estimate of drug-likeness (QED) is 0.574. The molecule has 142 valence electrons. The van der Waals surface area contributed by atoms with Gasteiger partial charge in [0.05, 0.1) is 6.54 Å². The number of hydrogen-bond donors (Lipinski definition) is 4. The third kappa shape index (κ3) is 6.14. The average Bonchev–Trinajstić information content (AvgIpc) is 2.70. The zero-order valence-corrected chi connectivity index (χ0v) is 15.5. The van der Waals surface area contributed by atoms with E-state index in [2.05, 4.69) is 21.3 Å². The van der Waals surface area contributed by atoms with E-state index in [9.17, 15) is 14.4 Å². The van der Waals surface area contributed by atoms with Crippen molar-refractivity contribution in [2.75, 3.05) is 30.8 Å². The third-order valence-electron chi connectivity index (χ3n) is 3.79. The highest BCUT2D eigenvalue weighted by Gasteiger charge is 2.07. The minimum Gasteiger partial charge on any atom is -0.376 e. The van der Waals surface area contributed by atoms with Gasteiger partial charge in [0.2, 0.25) is 5.91 Å². The maximum atomic E-state index is 12.0. The van der Waals surface area contributed by atoms with Gasteiger partial charge in [0, 0.05) is 36.1 Å². The van der Waals surface area contributed by atoms with Gasteiger partial charge in [0.15, 0.2) is 0 Å². The number of hydrogen-bond acceptors (Lipinski definition) is 4. The molecule has 0 radical (unpaired) electrons. The Morgan fingerprint density at radius 1 is 0.815 bits per heavy atom. The van der Waals surface area contributed by atoms with Crippen molar-refractivity contribution in [3.8, 4) is 0 Å². The van der Waals surface area contributed by atoms with Gasteiger partial charge in [0.1, 0.15) is 0 Å². The molecular weight excluding hydrogens is 344 g/mol. The Balaban J connectivity index is 1.83. The lowest BCUT2D eigenvalue weighted by molar-refractivity contribution is -0.114. The van der Waals surface area contributed by atoms with Gasteiger partial charge in [-0.25, -0.2) is 0 Å². The molecule has 3 amide bonds. The van der Waals surface area contributed by atoms with E-state index in [0.717, 1.165) is 12.1 Å². The van der Waals surface area contributed by atoms with Crippen LogP contribution in [0, 0.1) is 0 Å². The second-order valence-corrected chi connectivity index (χ2v) is 5.89. The number of amides is 3. The Bertz CT molecular complexity index is 786. The molecule has 7 heteroatoms. The highest BCUT2D eigenvalue weighted by atomic mass is 16.2. The second-order valence-electron chi connectivity index (χ2n) is 5.89. The van der Waals surface area contributed by atoms with Crippen molar-refractivity contribution in [1.82, 2.24) is 10.6 Å². The summed E-state index contributed by atoms with van der Waals surface area (Å²) < 4.78 is 0. The summed E-state index contributed by atoms with van der Waals surface area (Å²) in [4.78, 5) is 35.4. The molecule has 27 heavy (non-hydrogen) atoms. The molecule has 0 saturated heterocycles. The van der Waals surface area contributed by atoms with Crippen molar-refractivity contribution in [3.63, 3.8) is 0 Å². The van der Waals surface area contributed by atoms with E-state index in [1.807, 2.05) is 6.92 Å². The number of nitrogens with one attached hydrogen (secondary N) is 4. The van der Waals surface area contributed by atoms with Gasteiger partial charge >= 0.3 is 0 Å². The third-order valence-corrected chi connectivity index (χ3v) is 3.79. The minimum atomic E-state index is -0.215. The fourth-order valence-corrected chi connectivity index (χ4v) is 2.32. The van der Waals surface area contributed by atoms with E-state index in [1.165, 1.54) is 0 Å². The van der Waals surface area contributed by atoms with Gasteiger partial charge in [-0.15, -0.1) is 0 Å². The van der Waals surface area contributed by atoms with Gasteiger partial charge in [-0.1, -0.05) is 6.92 Å². The first-order valence-electron chi connectivity index (χ1n) is 8.77. The summed E-state index contributed by atoms with van der Waals surface area (Å²) in [5.74, 6) is -0.504. The maximum Gasteiger partial charge on any atom is 0.251 e. The lowest BCUT2D eigenvalue weighted by Gasteiger charge is -2.09. The van der Waals surface area contributed by atoms with Crippen molar-refractivity contribution in [2.24, 2.45) is 0 Å². The van der Waals surface area contributed by atoms with Crippen LogP contribution in [0.3, 0.4) is 0 Å². The Morgan fingerprint density at radius 2 is 1.37 bits per heavy atom. The number of benzene rings is 2. The van der Waals surface area contributed by atoms with E-state index < -0.39 is 0 Å². The van der Waals surface area contributed by atoms with Crippen molar-refractivity contribution >= 4 is 29.1 Å². The SMILES string of the molecule is CCCNC(=O)c1ccc(NCC(=O)Nc2ccc(C(=O)NC)cc2)cc1. The van der Waals surface area contributed by atoms with Crippen LogP contribution in [0.2, 0.25) is 0 Å². The summed E-state index contributed by atoms with van der Waals surface area (Å²) in [5, 5.41) is 11.1. The second kappa shape index (κ2) is 9.96. The summed E-state index contributed by atoms with van der Waals surface area (Å²) in [6.45, 7) is 2.72. The van der Waals surface area contributed by atoms with Crippen molar-refractivity contribution in [3.05, 3.63) is 59.7 Å². The van der Waals surface area contributed by atoms with E-state index in [-0.39, 0.29) is 24.3 Å². The van der Waals surface area contributed by atoms with Gasteiger partial charge < -0.3 is 21.3 Å². The van der Waals surface area contributed by atoms with Gasteiger partial charge in [-0.2, -0.15) is 0 Å². The molecule has 2 aromatic carbocycles. The predicted molar refractivity (Wildman–Crippen MR) is 106 cm³/mol. The van der Waals surface area contributed by atoms with Crippen molar-refractivity contribution < 1.29 is 14.4 Å². The van der Waals surface area contributed by atoms with Crippen LogP contribution in [-0.4, -0.2) is 37.9 Å². The zero-order chi connectivity index (χ0) is 19.6. The number of anilines is 2. The Kier molecular flexibility index (Phi) is 7.37. The molecule has 0 heterocycles. The molecule has 0 unspecified atom stereocenters. The summed E-state index contributed by atoms with van der Waals surface area (Å²) in [6, 6.07) is 13.6. The first-order valence-corrected chi connectivity index (χ1v) is 8.77. The number of carbonyl (C=O) groups is 3. The van der Waals surface area contributed by atoms with Crippen LogP contribution in [-0.2, 0) is 4.79 Å². The molecule has 0 atom stereocenters. The van der Waals surface area contributed by atoms with E-state index in [1.54, 1.807) is 55.6 Å². The summed E-state index contributed by atoms with van der Waals surface area (Å²) in [5.41, 5.74) is 2.45.